The lowest BCUT2D eigenvalue weighted by Crippen LogP contribution is -2.50. The zero-order valence-corrected chi connectivity index (χ0v) is 17.0. The topological polar surface area (TPSA) is 59.1 Å². The zero-order valence-electron chi connectivity index (χ0n) is 16.2. The van der Waals surface area contributed by atoms with E-state index in [2.05, 4.69) is 0 Å². The molecule has 2 amide bonds. The fraction of sp³-hybridized carbons (Fsp3) is 0.333. The molecule has 0 unspecified atom stereocenters. The van der Waals surface area contributed by atoms with Crippen LogP contribution in [0, 0.1) is 0 Å². The van der Waals surface area contributed by atoms with Crippen molar-refractivity contribution in [2.75, 3.05) is 39.4 Å². The second-order valence-corrected chi connectivity index (χ2v) is 7.55. The van der Waals surface area contributed by atoms with Crippen molar-refractivity contribution in [2.24, 2.45) is 0 Å². The van der Waals surface area contributed by atoms with E-state index in [-0.39, 0.29) is 48.6 Å². The third kappa shape index (κ3) is 4.41. The van der Waals surface area contributed by atoms with Gasteiger partial charge in [-0.3, -0.25) is 9.59 Å². The fourth-order valence-electron chi connectivity index (χ4n) is 3.51. The Morgan fingerprint density at radius 3 is 1.97 bits per heavy atom. The van der Waals surface area contributed by atoms with Crippen molar-refractivity contribution >= 4 is 23.4 Å². The number of ether oxygens (including phenoxy) is 2. The molecule has 0 bridgehead atoms. The molecule has 4 rings (SSSR count). The van der Waals surface area contributed by atoms with E-state index in [0.717, 1.165) is 12.1 Å². The monoisotopic (exact) mass is 454 g/mol. The quantitative estimate of drug-likeness (QED) is 0.694. The summed E-state index contributed by atoms with van der Waals surface area (Å²) >= 11 is 6.20. The Kier molecular flexibility index (Phi) is 5.70. The van der Waals surface area contributed by atoms with E-state index >= 15 is 0 Å². The third-order valence-electron chi connectivity index (χ3n) is 5.16. The lowest BCUT2D eigenvalue weighted by Gasteiger charge is -2.35. The molecule has 0 radical (unpaired) electrons. The summed E-state index contributed by atoms with van der Waals surface area (Å²) < 4.78 is 49.0. The summed E-state index contributed by atoms with van der Waals surface area (Å²) in [6, 6.07) is 7.22. The summed E-state index contributed by atoms with van der Waals surface area (Å²) in [6.45, 7) is 1.86. The van der Waals surface area contributed by atoms with Crippen molar-refractivity contribution in [3.8, 4) is 11.5 Å². The van der Waals surface area contributed by atoms with Crippen LogP contribution in [0.1, 0.15) is 26.3 Å². The molecule has 164 valence electrons. The average Bonchev–Trinajstić information content (AvgIpc) is 2.78. The number of alkyl halides is 3. The minimum atomic E-state index is -4.45. The smallest absolute Gasteiger partial charge is 0.416 e. The maximum Gasteiger partial charge on any atom is 0.416 e. The Bertz CT molecular complexity index is 1000. The molecule has 10 heteroatoms. The van der Waals surface area contributed by atoms with E-state index < -0.39 is 11.7 Å². The Hall–Kier alpha value is -2.94. The molecule has 0 N–H and O–H groups in total. The molecule has 1 saturated heterocycles. The SMILES string of the molecule is O=C(c1ccc(C(F)(F)F)cc1)N1CCN(C(=O)c2cc(Cl)c3c(c2)OCCO3)CC1. The molecule has 6 nitrogen and oxygen atoms in total. The molecule has 2 aliphatic rings. The van der Waals surface area contributed by atoms with E-state index in [0.29, 0.717) is 30.3 Å². The Balaban J connectivity index is 1.40. The molecule has 0 saturated carbocycles. The molecule has 2 aromatic carbocycles. The van der Waals surface area contributed by atoms with Crippen LogP contribution in [0.5, 0.6) is 11.5 Å². The largest absolute Gasteiger partial charge is 0.486 e. The highest BCUT2D eigenvalue weighted by Crippen LogP contribution is 2.38. The molecule has 1 fully saturated rings. The Labute approximate surface area is 181 Å². The lowest BCUT2D eigenvalue weighted by atomic mass is 10.1. The Morgan fingerprint density at radius 2 is 1.39 bits per heavy atom. The Morgan fingerprint density at radius 1 is 0.839 bits per heavy atom. The predicted molar refractivity (Wildman–Crippen MR) is 106 cm³/mol. The normalized spacial score (nSPS) is 16.3. The summed E-state index contributed by atoms with van der Waals surface area (Å²) in [7, 11) is 0. The van der Waals surface area contributed by atoms with Crippen molar-refractivity contribution in [1.29, 1.82) is 0 Å². The number of piperazine rings is 1. The number of fused-ring (bicyclic) bond motifs is 1. The number of nitrogens with zero attached hydrogens (tertiary/aromatic N) is 2. The van der Waals surface area contributed by atoms with Gasteiger partial charge in [0.05, 0.1) is 10.6 Å². The predicted octanol–water partition coefficient (Wildman–Crippen LogP) is 3.73. The van der Waals surface area contributed by atoms with Gasteiger partial charge in [-0.25, -0.2) is 0 Å². The van der Waals surface area contributed by atoms with Crippen molar-refractivity contribution in [1.82, 2.24) is 9.80 Å². The molecule has 0 atom stereocenters. The van der Waals surface area contributed by atoms with Gasteiger partial charge in [0, 0.05) is 37.3 Å². The first-order chi connectivity index (χ1) is 14.7. The van der Waals surface area contributed by atoms with Crippen molar-refractivity contribution < 1.29 is 32.2 Å². The van der Waals surface area contributed by atoms with Gasteiger partial charge in [0.2, 0.25) is 0 Å². The van der Waals surface area contributed by atoms with E-state index in [1.54, 1.807) is 11.0 Å². The van der Waals surface area contributed by atoms with Crippen LogP contribution in [0.3, 0.4) is 0 Å². The summed E-state index contributed by atoms with van der Waals surface area (Å²) in [4.78, 5) is 28.6. The number of halogens is 4. The molecule has 0 spiro atoms. The highest BCUT2D eigenvalue weighted by Gasteiger charge is 2.31. The third-order valence-corrected chi connectivity index (χ3v) is 5.44. The van der Waals surface area contributed by atoms with Crippen LogP contribution in [0.4, 0.5) is 13.2 Å². The van der Waals surface area contributed by atoms with Crippen molar-refractivity contribution in [3.05, 3.63) is 58.1 Å². The summed E-state index contributed by atoms with van der Waals surface area (Å²) in [6.07, 6.45) is -4.45. The van der Waals surface area contributed by atoms with Crippen molar-refractivity contribution in [2.45, 2.75) is 6.18 Å². The maximum atomic E-state index is 12.9. The van der Waals surface area contributed by atoms with Gasteiger partial charge < -0.3 is 19.3 Å². The van der Waals surface area contributed by atoms with Crippen LogP contribution in [0.2, 0.25) is 5.02 Å². The van der Waals surface area contributed by atoms with Gasteiger partial charge >= 0.3 is 6.18 Å². The summed E-state index contributed by atoms with van der Waals surface area (Å²) in [5, 5.41) is 0.289. The molecule has 2 aliphatic heterocycles. The van der Waals surface area contributed by atoms with E-state index in [9.17, 15) is 22.8 Å². The number of amides is 2. The van der Waals surface area contributed by atoms with E-state index in [4.69, 9.17) is 21.1 Å². The van der Waals surface area contributed by atoms with Crippen LogP contribution in [0.25, 0.3) is 0 Å². The summed E-state index contributed by atoms with van der Waals surface area (Å²) in [5.41, 5.74) is -0.277. The molecular formula is C21H18ClF3N2O4. The average molecular weight is 455 g/mol. The first kappa shape index (κ1) is 21.3. The highest BCUT2D eigenvalue weighted by molar-refractivity contribution is 6.32. The fourth-order valence-corrected chi connectivity index (χ4v) is 3.78. The molecule has 0 aromatic heterocycles. The number of hydrogen-bond donors (Lipinski definition) is 0. The minimum Gasteiger partial charge on any atom is -0.486 e. The molecule has 31 heavy (non-hydrogen) atoms. The summed E-state index contributed by atoms with van der Waals surface area (Å²) in [5.74, 6) is 0.207. The number of hydrogen-bond acceptors (Lipinski definition) is 4. The van der Waals surface area contributed by atoms with Crippen molar-refractivity contribution in [3.63, 3.8) is 0 Å². The number of carbonyl (C=O) groups is 2. The zero-order chi connectivity index (χ0) is 22.2. The first-order valence-electron chi connectivity index (χ1n) is 9.59. The minimum absolute atomic E-state index is 0.173. The molecular weight excluding hydrogens is 437 g/mol. The van der Waals surface area contributed by atoms with Gasteiger partial charge in [0.1, 0.15) is 13.2 Å². The highest BCUT2D eigenvalue weighted by atomic mass is 35.5. The van der Waals surface area contributed by atoms with Gasteiger partial charge in [-0.1, -0.05) is 11.6 Å². The second-order valence-electron chi connectivity index (χ2n) is 7.14. The maximum absolute atomic E-state index is 12.9. The molecule has 2 heterocycles. The molecule has 0 aliphatic carbocycles. The number of rotatable bonds is 2. The van der Waals surface area contributed by atoms with Gasteiger partial charge in [-0.05, 0) is 36.4 Å². The van der Waals surface area contributed by atoms with Crippen LogP contribution < -0.4 is 9.47 Å². The lowest BCUT2D eigenvalue weighted by molar-refractivity contribution is -0.137. The molecule has 2 aromatic rings. The van der Waals surface area contributed by atoms with Crippen LogP contribution >= 0.6 is 11.6 Å². The van der Waals surface area contributed by atoms with Gasteiger partial charge in [0.25, 0.3) is 11.8 Å². The number of carbonyl (C=O) groups excluding carboxylic acids is 2. The first-order valence-corrected chi connectivity index (χ1v) is 9.97. The van der Waals surface area contributed by atoms with Gasteiger partial charge in [-0.2, -0.15) is 13.2 Å². The van der Waals surface area contributed by atoms with Gasteiger partial charge in [0.15, 0.2) is 11.5 Å². The van der Waals surface area contributed by atoms with Crippen LogP contribution in [-0.2, 0) is 6.18 Å². The second kappa shape index (κ2) is 8.30. The van der Waals surface area contributed by atoms with E-state index in [1.165, 1.54) is 23.1 Å². The van der Waals surface area contributed by atoms with E-state index in [1.807, 2.05) is 0 Å². The standard InChI is InChI=1S/C21H18ClF3N2O4/c22-16-11-14(12-17-18(16)31-10-9-30-17)20(29)27-7-5-26(6-8-27)19(28)13-1-3-15(4-2-13)21(23,24)25/h1-4,11-12H,5-10H2. The van der Waals surface area contributed by atoms with Crippen LogP contribution in [0.15, 0.2) is 36.4 Å². The number of benzene rings is 2. The van der Waals surface area contributed by atoms with Gasteiger partial charge in [-0.15, -0.1) is 0 Å². The van der Waals surface area contributed by atoms with Crippen LogP contribution in [-0.4, -0.2) is 61.0 Å².